The molecule has 0 fully saturated rings. The molecule has 1 nitrogen and oxygen atoms in total. The monoisotopic (exact) mass is 208 g/mol. The summed E-state index contributed by atoms with van der Waals surface area (Å²) >= 11 is 0. The minimum absolute atomic E-state index is 0. The maximum Gasteiger partial charge on any atom is 2.00 e. The molecule has 26 valence electrons. The van der Waals surface area contributed by atoms with Gasteiger partial charge in [-0.15, -0.1) is 12.4 Å². The molecule has 4 heavy (non-hydrogen) atoms. The van der Waals surface area contributed by atoms with Crippen molar-refractivity contribution in [2.45, 2.75) is 0 Å². The molecule has 1 N–H and O–H groups in total. The molecular weight excluding hydrogens is 201 g/mol. The van der Waals surface area contributed by atoms with Crippen molar-refractivity contribution in [2.75, 3.05) is 7.11 Å². The Morgan fingerprint density at radius 3 is 1.50 bits per heavy atom. The molecule has 0 aromatic carbocycles. The van der Waals surface area contributed by atoms with Crippen LogP contribution in [0.15, 0.2) is 0 Å². The van der Waals surface area contributed by atoms with Crippen LogP contribution in [0.2, 0.25) is 0 Å². The first kappa shape index (κ1) is 17.0. The second kappa shape index (κ2) is 21.2. The van der Waals surface area contributed by atoms with Gasteiger partial charge in [-0.3, -0.25) is 0 Å². The fourth-order valence-electron chi connectivity index (χ4n) is 0. The zero-order chi connectivity index (χ0) is 2.00. The van der Waals surface area contributed by atoms with Crippen molar-refractivity contribution in [3.63, 3.8) is 0 Å². The Balaban J connectivity index is -0.000000000833. The predicted octanol–water partition coefficient (Wildman–Crippen LogP) is -0.126. The van der Waals surface area contributed by atoms with E-state index in [-0.39, 0.29) is 64.1 Å². The summed E-state index contributed by atoms with van der Waals surface area (Å²) < 4.78 is 0. The van der Waals surface area contributed by atoms with E-state index in [1.807, 2.05) is 0 Å². The molecule has 0 aliphatic carbocycles. The molecule has 0 aromatic heterocycles. The molecule has 0 rings (SSSR count). The second-order valence-corrected chi connectivity index (χ2v) is 0. The summed E-state index contributed by atoms with van der Waals surface area (Å²) in [5.74, 6) is 0. The normalized spacial score (nSPS) is 1.50. The second-order valence-electron chi connectivity index (χ2n) is 0. The molecule has 0 bridgehead atoms. The van der Waals surface area contributed by atoms with Crippen molar-refractivity contribution < 1.29 is 7.96 Å². The molecule has 0 aliphatic heterocycles. The minimum atomic E-state index is 0. The van der Waals surface area contributed by atoms with E-state index in [2.05, 4.69) is 0 Å². The Morgan fingerprint density at radius 2 is 1.50 bits per heavy atom. The van der Waals surface area contributed by atoms with Crippen molar-refractivity contribution in [3.8, 4) is 0 Å². The summed E-state index contributed by atoms with van der Waals surface area (Å²) in [5.41, 5.74) is 0. The zero-order valence-electron chi connectivity index (χ0n) is 4.56. The van der Waals surface area contributed by atoms with E-state index in [0.717, 1.165) is 7.11 Å². The first-order valence-electron chi connectivity index (χ1n) is 0.447. The first-order chi connectivity index (χ1) is 1.00. The topological polar surface area (TPSA) is 20.2 Å². The van der Waals surface area contributed by atoms with Gasteiger partial charge in [0.05, 0.1) is 0 Å². The van der Waals surface area contributed by atoms with Gasteiger partial charge in [0.25, 0.3) is 0 Å². The van der Waals surface area contributed by atoms with Crippen LogP contribution in [0.1, 0.15) is 2.85 Å². The Kier molecular flexibility index (Phi) is 90.2. The summed E-state index contributed by atoms with van der Waals surface area (Å²) in [6.07, 6.45) is 0. The van der Waals surface area contributed by atoms with Crippen LogP contribution in [0.5, 0.6) is 0 Å². The van der Waals surface area contributed by atoms with Gasteiger partial charge in [0, 0.05) is 7.11 Å². The summed E-state index contributed by atoms with van der Waals surface area (Å²) in [7, 11) is 1.00. The average Bonchev–Trinajstić information content (AvgIpc) is 1.00. The van der Waals surface area contributed by atoms with Gasteiger partial charge in [0.15, 0.2) is 0 Å². The third kappa shape index (κ3) is 9.17. The van der Waals surface area contributed by atoms with Crippen molar-refractivity contribution >= 4 is 61.3 Å². The van der Waals surface area contributed by atoms with Gasteiger partial charge in [-0.05, 0) is 0 Å². The molecule has 0 spiro atoms. The van der Waals surface area contributed by atoms with E-state index >= 15 is 0 Å². The number of hydrogen-bond donors (Lipinski definition) is 1. The summed E-state index contributed by atoms with van der Waals surface area (Å²) in [5, 5.41) is 7.00. The smallest absolute Gasteiger partial charge is 1.00 e. The SMILES string of the molecule is CO.Cl.[Ba+2].[H-].[H-]. The Morgan fingerprint density at radius 1 is 1.50 bits per heavy atom. The Hall–Kier alpha value is 1.82. The molecule has 0 radical (unpaired) electrons. The van der Waals surface area contributed by atoms with E-state index in [9.17, 15) is 0 Å². The van der Waals surface area contributed by atoms with Gasteiger partial charge in [-0.25, -0.2) is 0 Å². The minimum Gasteiger partial charge on any atom is -1.00 e. The fraction of sp³-hybridized carbons (Fsp3) is 1.00. The third-order valence-electron chi connectivity index (χ3n) is 0. The fourth-order valence-corrected chi connectivity index (χ4v) is 0. The summed E-state index contributed by atoms with van der Waals surface area (Å²) in [6.45, 7) is 0. The van der Waals surface area contributed by atoms with Crippen molar-refractivity contribution in [1.82, 2.24) is 0 Å². The van der Waals surface area contributed by atoms with Crippen LogP contribution in [-0.2, 0) is 0 Å². The summed E-state index contributed by atoms with van der Waals surface area (Å²) in [6, 6.07) is 0. The van der Waals surface area contributed by atoms with Crippen molar-refractivity contribution in [2.24, 2.45) is 0 Å². The van der Waals surface area contributed by atoms with E-state index in [1.165, 1.54) is 0 Å². The molecule has 3 heteroatoms. The third-order valence-corrected chi connectivity index (χ3v) is 0. The molecule has 0 saturated heterocycles. The Bertz CT molecular complexity index is 13.5. The molecule has 0 unspecified atom stereocenters. The largest absolute Gasteiger partial charge is 2.00 e. The zero-order valence-corrected chi connectivity index (χ0v) is 7.82. The van der Waals surface area contributed by atoms with Gasteiger partial charge >= 0.3 is 48.9 Å². The molecule has 0 aliphatic rings. The molecular formula is CH7BaClO. The maximum absolute atomic E-state index is 7.00. The quantitative estimate of drug-likeness (QED) is 0.550. The first-order valence-corrected chi connectivity index (χ1v) is 0.447. The maximum atomic E-state index is 7.00. The number of rotatable bonds is 0. The van der Waals surface area contributed by atoms with E-state index in [1.54, 1.807) is 0 Å². The van der Waals surface area contributed by atoms with Gasteiger partial charge in [0.1, 0.15) is 0 Å². The molecule has 0 atom stereocenters. The van der Waals surface area contributed by atoms with E-state index < -0.39 is 0 Å². The van der Waals surface area contributed by atoms with Crippen LogP contribution in [0, 0.1) is 0 Å². The number of aliphatic hydroxyl groups is 1. The van der Waals surface area contributed by atoms with Crippen LogP contribution >= 0.6 is 12.4 Å². The standard InChI is InChI=1S/CH4O.Ba.ClH.2H/c1-2;;;;/h2H,1H3;;1H;;/q;+2;;2*-1. The Labute approximate surface area is 75.2 Å². The van der Waals surface area contributed by atoms with Crippen LogP contribution in [0.25, 0.3) is 0 Å². The molecule has 0 saturated carbocycles. The van der Waals surface area contributed by atoms with Crippen molar-refractivity contribution in [1.29, 1.82) is 0 Å². The van der Waals surface area contributed by atoms with Gasteiger partial charge in [0.2, 0.25) is 0 Å². The molecule has 0 amide bonds. The van der Waals surface area contributed by atoms with Crippen LogP contribution in [0.4, 0.5) is 0 Å². The van der Waals surface area contributed by atoms with Crippen LogP contribution in [0.3, 0.4) is 0 Å². The van der Waals surface area contributed by atoms with Gasteiger partial charge in [-0.1, -0.05) is 0 Å². The van der Waals surface area contributed by atoms with Gasteiger partial charge < -0.3 is 7.96 Å². The number of hydrogen-bond acceptors (Lipinski definition) is 1. The van der Waals surface area contributed by atoms with Crippen molar-refractivity contribution in [3.05, 3.63) is 0 Å². The average molecular weight is 208 g/mol. The van der Waals surface area contributed by atoms with E-state index in [0.29, 0.717) is 0 Å². The van der Waals surface area contributed by atoms with Crippen LogP contribution < -0.4 is 0 Å². The number of aliphatic hydroxyl groups excluding tert-OH is 1. The molecule has 0 aromatic rings. The van der Waals surface area contributed by atoms with Crippen LogP contribution in [-0.4, -0.2) is 61.1 Å². The van der Waals surface area contributed by atoms with E-state index in [4.69, 9.17) is 5.11 Å². The van der Waals surface area contributed by atoms with Gasteiger partial charge in [-0.2, -0.15) is 0 Å². The number of halogens is 1. The molecule has 0 heterocycles. The predicted molar refractivity (Wildman–Crippen MR) is 23.4 cm³/mol. The summed E-state index contributed by atoms with van der Waals surface area (Å²) in [4.78, 5) is 0.